The van der Waals surface area contributed by atoms with E-state index >= 15 is 0 Å². The Balaban J connectivity index is 2.10. The van der Waals surface area contributed by atoms with Crippen molar-refractivity contribution >= 4 is 40.2 Å². The topological polar surface area (TPSA) is 40.6 Å². The normalized spacial score (nSPS) is 20.6. The third-order valence-corrected chi connectivity index (χ3v) is 6.16. The number of fused-ring (bicyclic) bond motifs is 1. The van der Waals surface area contributed by atoms with Crippen molar-refractivity contribution in [2.75, 3.05) is 11.4 Å². The van der Waals surface area contributed by atoms with Crippen molar-refractivity contribution in [2.45, 2.75) is 60.0 Å². The second kappa shape index (κ2) is 6.86. The van der Waals surface area contributed by atoms with Gasteiger partial charge in [0.2, 0.25) is 0 Å². The maximum atomic E-state index is 12.4. The van der Waals surface area contributed by atoms with Crippen LogP contribution in [-0.4, -0.2) is 34.2 Å². The van der Waals surface area contributed by atoms with Crippen LogP contribution in [-0.2, 0) is 4.79 Å². The smallest absolute Gasteiger partial charge is 0.293 e. The third kappa shape index (κ3) is 3.33. The van der Waals surface area contributed by atoms with Crippen molar-refractivity contribution in [3.8, 4) is 0 Å². The van der Waals surface area contributed by atoms with Gasteiger partial charge in [-0.25, -0.2) is 0 Å². The second-order valence-corrected chi connectivity index (χ2v) is 9.09. The Bertz CT molecular complexity index is 881. The molecule has 2 aliphatic heterocycles. The number of imide groups is 1. The Morgan fingerprint density at radius 2 is 1.85 bits per heavy atom. The summed E-state index contributed by atoms with van der Waals surface area (Å²) in [5.74, 6) is -0.193. The number of thioether (sulfide) groups is 1. The van der Waals surface area contributed by atoms with Gasteiger partial charge in [-0.2, -0.15) is 0 Å². The average Bonchev–Trinajstić information content (AvgIpc) is 2.81. The predicted octanol–water partition coefficient (Wildman–Crippen LogP) is 5.46. The molecule has 0 aliphatic carbocycles. The molecule has 0 spiro atoms. The van der Waals surface area contributed by atoms with E-state index in [-0.39, 0.29) is 16.7 Å². The summed E-state index contributed by atoms with van der Waals surface area (Å²) in [4.78, 5) is 28.7. The van der Waals surface area contributed by atoms with Crippen LogP contribution in [0.4, 0.5) is 10.5 Å². The van der Waals surface area contributed by atoms with Crippen LogP contribution in [0.2, 0.25) is 0 Å². The van der Waals surface area contributed by atoms with Crippen LogP contribution >= 0.6 is 11.8 Å². The maximum Gasteiger partial charge on any atom is 0.293 e. The molecule has 27 heavy (non-hydrogen) atoms. The molecule has 0 radical (unpaired) electrons. The summed E-state index contributed by atoms with van der Waals surface area (Å²) >= 11 is 1.03. The molecule has 0 atom stereocenters. The number of rotatable bonds is 3. The SMILES string of the molecule is CCN1C(=O)S/C(=C\c2cc3c(cc2C)N(C(C)C)C(C)(C)C=C3C)C1=O. The molecule has 2 aliphatic rings. The third-order valence-electron chi connectivity index (χ3n) is 5.25. The fourth-order valence-electron chi connectivity index (χ4n) is 4.23. The lowest BCUT2D eigenvalue weighted by molar-refractivity contribution is -0.122. The van der Waals surface area contributed by atoms with Gasteiger partial charge < -0.3 is 4.90 Å². The lowest BCUT2D eigenvalue weighted by Gasteiger charge is -2.46. The number of hydrogen-bond acceptors (Lipinski definition) is 4. The van der Waals surface area contributed by atoms with Crippen molar-refractivity contribution < 1.29 is 9.59 Å². The van der Waals surface area contributed by atoms with Gasteiger partial charge >= 0.3 is 0 Å². The summed E-state index contributed by atoms with van der Waals surface area (Å²) in [6, 6.07) is 4.74. The molecule has 0 unspecified atom stereocenters. The first-order valence-corrected chi connectivity index (χ1v) is 10.3. The molecule has 0 saturated carbocycles. The lowest BCUT2D eigenvalue weighted by Crippen LogP contribution is -2.49. The van der Waals surface area contributed by atoms with E-state index in [1.807, 2.05) is 13.0 Å². The molecule has 0 bridgehead atoms. The summed E-state index contributed by atoms with van der Waals surface area (Å²) in [6.07, 6.45) is 4.17. The number of anilines is 1. The number of likely N-dealkylation sites (N-methyl/N-ethyl adjacent to an activating group) is 1. The van der Waals surface area contributed by atoms with Gasteiger partial charge in [-0.15, -0.1) is 0 Å². The summed E-state index contributed by atoms with van der Waals surface area (Å²) < 4.78 is 0. The van der Waals surface area contributed by atoms with Crippen LogP contribution in [0.5, 0.6) is 0 Å². The highest BCUT2D eigenvalue weighted by Crippen LogP contribution is 2.42. The Morgan fingerprint density at radius 3 is 2.41 bits per heavy atom. The second-order valence-electron chi connectivity index (χ2n) is 8.10. The highest BCUT2D eigenvalue weighted by atomic mass is 32.2. The number of aryl methyl sites for hydroxylation is 1. The molecular formula is C22H28N2O2S. The highest BCUT2D eigenvalue weighted by Gasteiger charge is 2.35. The molecule has 4 nitrogen and oxygen atoms in total. The van der Waals surface area contributed by atoms with Crippen molar-refractivity contribution in [3.63, 3.8) is 0 Å². The van der Waals surface area contributed by atoms with E-state index < -0.39 is 0 Å². The largest absolute Gasteiger partial charge is 0.360 e. The number of benzene rings is 1. The van der Waals surface area contributed by atoms with Crippen molar-refractivity contribution in [3.05, 3.63) is 39.8 Å². The van der Waals surface area contributed by atoms with Crippen LogP contribution in [0.1, 0.15) is 58.2 Å². The molecule has 1 saturated heterocycles. The van der Waals surface area contributed by atoms with E-state index in [1.165, 1.54) is 21.7 Å². The zero-order chi connectivity index (χ0) is 20.1. The lowest BCUT2D eigenvalue weighted by atomic mass is 9.86. The fourth-order valence-corrected chi connectivity index (χ4v) is 5.12. The van der Waals surface area contributed by atoms with Crippen molar-refractivity contribution in [2.24, 2.45) is 0 Å². The molecule has 1 aromatic carbocycles. The molecule has 0 aromatic heterocycles. The predicted molar refractivity (Wildman–Crippen MR) is 115 cm³/mol. The van der Waals surface area contributed by atoms with Crippen molar-refractivity contribution in [1.29, 1.82) is 0 Å². The van der Waals surface area contributed by atoms with E-state index in [0.29, 0.717) is 17.5 Å². The number of allylic oxidation sites excluding steroid dienone is 1. The van der Waals surface area contributed by atoms with Gasteiger partial charge in [0.1, 0.15) is 0 Å². The zero-order valence-electron chi connectivity index (χ0n) is 17.2. The van der Waals surface area contributed by atoms with E-state index in [0.717, 1.165) is 22.9 Å². The minimum absolute atomic E-state index is 0.0526. The summed E-state index contributed by atoms with van der Waals surface area (Å²) in [6.45, 7) is 15.3. The molecule has 144 valence electrons. The molecule has 3 rings (SSSR count). The number of carbonyl (C=O) groups excluding carboxylic acids is 2. The number of hydrogen-bond donors (Lipinski definition) is 0. The average molecular weight is 385 g/mol. The van der Waals surface area contributed by atoms with Gasteiger partial charge in [-0.3, -0.25) is 14.5 Å². The quantitative estimate of drug-likeness (QED) is 0.649. The molecule has 0 N–H and O–H groups in total. The maximum absolute atomic E-state index is 12.4. The van der Waals surface area contributed by atoms with Gasteiger partial charge in [0.05, 0.1) is 10.4 Å². The number of carbonyl (C=O) groups is 2. The van der Waals surface area contributed by atoms with Gasteiger partial charge in [0.15, 0.2) is 0 Å². The van der Waals surface area contributed by atoms with Gasteiger partial charge in [0.25, 0.3) is 11.1 Å². The van der Waals surface area contributed by atoms with Crippen LogP contribution in [0.25, 0.3) is 11.6 Å². The fraction of sp³-hybridized carbons (Fsp3) is 0.455. The number of nitrogens with zero attached hydrogens (tertiary/aromatic N) is 2. The van der Waals surface area contributed by atoms with Crippen LogP contribution in [0.3, 0.4) is 0 Å². The minimum Gasteiger partial charge on any atom is -0.360 e. The van der Waals surface area contributed by atoms with Crippen molar-refractivity contribution in [1.82, 2.24) is 4.90 Å². The Kier molecular flexibility index (Phi) is 5.02. The Morgan fingerprint density at radius 1 is 1.19 bits per heavy atom. The van der Waals surface area contributed by atoms with Crippen LogP contribution < -0.4 is 4.90 Å². The molecule has 1 aromatic rings. The first-order chi connectivity index (χ1) is 12.6. The Hall–Kier alpha value is -2.01. The highest BCUT2D eigenvalue weighted by molar-refractivity contribution is 8.18. The molecule has 2 amide bonds. The van der Waals surface area contributed by atoms with Gasteiger partial charge in [-0.05, 0) is 95.1 Å². The molecule has 5 heteroatoms. The first-order valence-electron chi connectivity index (χ1n) is 9.46. The van der Waals surface area contributed by atoms with E-state index in [1.54, 1.807) is 0 Å². The summed E-state index contributed by atoms with van der Waals surface area (Å²) in [7, 11) is 0. The summed E-state index contributed by atoms with van der Waals surface area (Å²) in [5.41, 5.74) is 5.70. The standard InChI is InChI=1S/C22H28N2O2S/c1-8-23-20(25)19(27-21(23)26)11-16-10-17-15(5)12-22(6,7)24(13(2)3)18(17)9-14(16)4/h9-13H,8H2,1-7H3/b19-11-. The van der Waals surface area contributed by atoms with Crippen LogP contribution in [0.15, 0.2) is 23.1 Å². The van der Waals surface area contributed by atoms with Gasteiger partial charge in [-0.1, -0.05) is 6.08 Å². The molecule has 2 heterocycles. The number of amides is 2. The zero-order valence-corrected chi connectivity index (χ0v) is 18.0. The molecular weight excluding hydrogens is 356 g/mol. The molecule has 1 fully saturated rings. The monoisotopic (exact) mass is 384 g/mol. The Labute approximate surface area is 166 Å². The van der Waals surface area contributed by atoms with Crippen LogP contribution in [0, 0.1) is 6.92 Å². The minimum atomic E-state index is -0.193. The van der Waals surface area contributed by atoms with E-state index in [2.05, 4.69) is 64.7 Å². The van der Waals surface area contributed by atoms with Gasteiger partial charge in [0, 0.05) is 23.8 Å². The summed E-state index contributed by atoms with van der Waals surface area (Å²) in [5, 5.41) is -0.187. The van der Waals surface area contributed by atoms with E-state index in [4.69, 9.17) is 0 Å². The van der Waals surface area contributed by atoms with E-state index in [9.17, 15) is 9.59 Å². The first kappa shape index (κ1) is 19.7.